The molecule has 0 fully saturated rings. The molecule has 0 unspecified atom stereocenters. The molecule has 5 nitrogen and oxygen atoms in total. The van der Waals surface area contributed by atoms with Gasteiger partial charge in [-0.2, -0.15) is 0 Å². The summed E-state index contributed by atoms with van der Waals surface area (Å²) in [6.07, 6.45) is 2.98. The number of fused-ring (bicyclic) bond motifs is 1. The van der Waals surface area contributed by atoms with E-state index in [4.69, 9.17) is 0 Å². The van der Waals surface area contributed by atoms with Gasteiger partial charge in [0.2, 0.25) is 9.84 Å². The first-order valence-corrected chi connectivity index (χ1v) is 11.0. The second kappa shape index (κ2) is 8.28. The van der Waals surface area contributed by atoms with Gasteiger partial charge in [-0.3, -0.25) is 0 Å². The highest BCUT2D eigenvalue weighted by Gasteiger charge is 2.23. The Labute approximate surface area is 180 Å². The van der Waals surface area contributed by atoms with Crippen LogP contribution in [-0.4, -0.2) is 38.7 Å². The van der Waals surface area contributed by atoms with Gasteiger partial charge in [-0.25, -0.2) is 22.8 Å². The molecule has 0 radical (unpaired) electrons. The molecule has 0 spiro atoms. The van der Waals surface area contributed by atoms with E-state index in [1.54, 1.807) is 61.5 Å². The van der Waals surface area contributed by atoms with Gasteiger partial charge in [0.25, 0.3) is 0 Å². The fourth-order valence-corrected chi connectivity index (χ4v) is 4.54. The van der Waals surface area contributed by atoms with E-state index < -0.39 is 9.84 Å². The maximum Gasteiger partial charge on any atom is 0.226 e. The van der Waals surface area contributed by atoms with Crippen LogP contribution in [0, 0.1) is 5.82 Å². The molecule has 0 atom stereocenters. The molecule has 4 rings (SSSR count). The van der Waals surface area contributed by atoms with Crippen LogP contribution >= 0.6 is 0 Å². The Kier molecular flexibility index (Phi) is 5.52. The topological polar surface area (TPSA) is 62.6 Å². The van der Waals surface area contributed by atoms with Crippen molar-refractivity contribution in [2.75, 3.05) is 14.1 Å². The molecule has 1 heterocycles. The molecule has 0 bridgehead atoms. The Bertz CT molecular complexity index is 1380. The van der Waals surface area contributed by atoms with Crippen molar-refractivity contribution >= 4 is 32.6 Å². The van der Waals surface area contributed by atoms with Gasteiger partial charge in [0.1, 0.15) is 11.5 Å². The summed E-state index contributed by atoms with van der Waals surface area (Å²) in [5, 5.41) is 1.57. The van der Waals surface area contributed by atoms with Gasteiger partial charge in [-0.1, -0.05) is 30.3 Å². The zero-order chi connectivity index (χ0) is 22.0. The van der Waals surface area contributed by atoms with Crippen LogP contribution < -0.4 is 0 Å². The maximum atomic E-state index is 13.3. The fourth-order valence-electron chi connectivity index (χ4n) is 3.19. The highest BCUT2D eigenvalue weighted by molar-refractivity contribution is 7.91. The summed E-state index contributed by atoms with van der Waals surface area (Å²) >= 11 is 0. The first-order valence-electron chi connectivity index (χ1n) is 9.55. The molecule has 0 saturated carbocycles. The molecule has 4 aromatic rings. The predicted octanol–water partition coefficient (Wildman–Crippen LogP) is 5.10. The second-order valence-electron chi connectivity index (χ2n) is 7.27. The minimum Gasteiger partial charge on any atom is -0.369 e. The van der Waals surface area contributed by atoms with Crippen molar-refractivity contribution in [3.05, 3.63) is 84.8 Å². The molecule has 0 aliphatic heterocycles. The van der Waals surface area contributed by atoms with Crippen molar-refractivity contribution in [1.29, 1.82) is 0 Å². The molecule has 0 saturated heterocycles. The summed E-state index contributed by atoms with van der Waals surface area (Å²) in [5.74, 6) is -0.289. The predicted molar refractivity (Wildman–Crippen MR) is 121 cm³/mol. The summed E-state index contributed by atoms with van der Waals surface area (Å²) in [6, 6.07) is 20.2. The van der Waals surface area contributed by atoms with Gasteiger partial charge in [-0.15, -0.1) is 0 Å². The van der Waals surface area contributed by atoms with Crippen LogP contribution in [0.2, 0.25) is 0 Å². The lowest BCUT2D eigenvalue weighted by molar-refractivity contribution is 0.592. The normalized spacial score (nSPS) is 11.8. The van der Waals surface area contributed by atoms with Crippen molar-refractivity contribution in [2.45, 2.75) is 9.92 Å². The van der Waals surface area contributed by atoms with E-state index in [0.717, 1.165) is 21.9 Å². The molecule has 0 aliphatic carbocycles. The minimum absolute atomic E-state index is 0.0876. The Morgan fingerprint density at radius 1 is 0.903 bits per heavy atom. The fraction of sp³-hybridized carbons (Fsp3) is 0.0833. The standard InChI is InChI=1S/C24H20FN3O2S/c1-28(2)16-27-23-4-3-13-26-24(23)31(29,30)22-12-9-19-14-18(5-6-20(19)15-22)17-7-10-21(25)11-8-17/h3-16H,1-2H3. The van der Waals surface area contributed by atoms with E-state index in [-0.39, 0.29) is 21.4 Å². The van der Waals surface area contributed by atoms with Crippen LogP contribution in [0.5, 0.6) is 0 Å². The zero-order valence-electron chi connectivity index (χ0n) is 17.0. The number of benzene rings is 3. The Hall–Kier alpha value is -3.58. The third-order valence-electron chi connectivity index (χ3n) is 4.73. The summed E-state index contributed by atoms with van der Waals surface area (Å²) in [7, 11) is -0.255. The van der Waals surface area contributed by atoms with Crippen LogP contribution in [-0.2, 0) is 9.84 Å². The van der Waals surface area contributed by atoms with Gasteiger partial charge in [0.15, 0.2) is 5.03 Å². The monoisotopic (exact) mass is 433 g/mol. The van der Waals surface area contributed by atoms with Gasteiger partial charge >= 0.3 is 0 Å². The number of aliphatic imine (C=N–C) groups is 1. The second-order valence-corrected chi connectivity index (χ2v) is 9.13. The van der Waals surface area contributed by atoms with E-state index in [2.05, 4.69) is 9.98 Å². The maximum absolute atomic E-state index is 13.3. The molecule has 31 heavy (non-hydrogen) atoms. The van der Waals surface area contributed by atoms with Crippen molar-refractivity contribution in [3.8, 4) is 11.1 Å². The van der Waals surface area contributed by atoms with Gasteiger partial charge in [0, 0.05) is 20.3 Å². The number of sulfone groups is 1. The highest BCUT2D eigenvalue weighted by atomic mass is 32.2. The third kappa shape index (κ3) is 4.32. The molecule has 7 heteroatoms. The Morgan fingerprint density at radius 3 is 2.32 bits per heavy atom. The first kappa shape index (κ1) is 20.7. The number of hydrogen-bond donors (Lipinski definition) is 0. The van der Waals surface area contributed by atoms with Crippen molar-refractivity contribution in [1.82, 2.24) is 9.88 Å². The number of nitrogens with zero attached hydrogens (tertiary/aromatic N) is 3. The smallest absolute Gasteiger partial charge is 0.226 e. The summed E-state index contributed by atoms with van der Waals surface area (Å²) < 4.78 is 39.8. The van der Waals surface area contributed by atoms with Gasteiger partial charge in [-0.05, 0) is 64.4 Å². The van der Waals surface area contributed by atoms with E-state index >= 15 is 0 Å². The lowest BCUT2D eigenvalue weighted by Crippen LogP contribution is -2.08. The van der Waals surface area contributed by atoms with Crippen LogP contribution in [0.4, 0.5) is 10.1 Å². The summed E-state index contributed by atoms with van der Waals surface area (Å²) in [5.41, 5.74) is 2.09. The van der Waals surface area contributed by atoms with E-state index in [9.17, 15) is 12.8 Å². The lowest BCUT2D eigenvalue weighted by Gasteiger charge is -2.09. The molecule has 156 valence electrons. The number of halogens is 1. The first-order chi connectivity index (χ1) is 14.8. The van der Waals surface area contributed by atoms with Crippen molar-refractivity contribution < 1.29 is 12.8 Å². The average molecular weight is 434 g/mol. The molecular formula is C24H20FN3O2S. The quantitative estimate of drug-likeness (QED) is 0.325. The molecule has 0 N–H and O–H groups in total. The van der Waals surface area contributed by atoms with Crippen LogP contribution in [0.15, 0.2) is 93.9 Å². The van der Waals surface area contributed by atoms with Crippen LogP contribution in [0.25, 0.3) is 21.9 Å². The van der Waals surface area contributed by atoms with Crippen molar-refractivity contribution in [2.24, 2.45) is 4.99 Å². The Balaban J connectivity index is 1.75. The minimum atomic E-state index is -3.86. The van der Waals surface area contributed by atoms with E-state index in [1.807, 2.05) is 18.2 Å². The van der Waals surface area contributed by atoms with E-state index in [0.29, 0.717) is 0 Å². The molecule has 1 aromatic heterocycles. The highest BCUT2D eigenvalue weighted by Crippen LogP contribution is 2.31. The van der Waals surface area contributed by atoms with Crippen LogP contribution in [0.1, 0.15) is 0 Å². The number of aromatic nitrogens is 1. The largest absolute Gasteiger partial charge is 0.369 e. The van der Waals surface area contributed by atoms with Gasteiger partial charge < -0.3 is 4.90 Å². The van der Waals surface area contributed by atoms with Crippen LogP contribution in [0.3, 0.4) is 0 Å². The summed E-state index contributed by atoms with van der Waals surface area (Å²) in [6.45, 7) is 0. The molecule has 0 amide bonds. The molecule has 0 aliphatic rings. The van der Waals surface area contributed by atoms with Crippen molar-refractivity contribution in [3.63, 3.8) is 0 Å². The number of rotatable bonds is 5. The lowest BCUT2D eigenvalue weighted by atomic mass is 10.0. The number of pyridine rings is 1. The van der Waals surface area contributed by atoms with Gasteiger partial charge in [0.05, 0.1) is 11.2 Å². The Morgan fingerprint density at radius 2 is 1.58 bits per heavy atom. The van der Waals surface area contributed by atoms with E-state index in [1.165, 1.54) is 24.7 Å². The molecule has 3 aromatic carbocycles. The average Bonchev–Trinajstić information content (AvgIpc) is 2.77. The summed E-state index contributed by atoms with van der Waals surface area (Å²) in [4.78, 5) is 10.2. The zero-order valence-corrected chi connectivity index (χ0v) is 17.8. The molecular weight excluding hydrogens is 413 g/mol. The SMILES string of the molecule is CN(C)C=Nc1cccnc1S(=O)(=O)c1ccc2cc(-c3ccc(F)cc3)ccc2c1. The third-order valence-corrected chi connectivity index (χ3v) is 6.43. The number of hydrogen-bond acceptors (Lipinski definition) is 4.